The lowest BCUT2D eigenvalue weighted by molar-refractivity contribution is 0.00866. The number of rotatable bonds is 4. The molecule has 2 aliphatic rings. The molecule has 7 heteroatoms. The molecule has 2 fully saturated rings. The summed E-state index contributed by atoms with van der Waals surface area (Å²) in [6.45, 7) is 6.74. The monoisotopic (exact) mass is 447 g/mol. The number of hydrogen-bond acceptors (Lipinski definition) is 4. The average molecular weight is 448 g/mol. The van der Waals surface area contributed by atoms with Gasteiger partial charge in [-0.2, -0.15) is 0 Å². The van der Waals surface area contributed by atoms with Crippen molar-refractivity contribution < 1.29 is 9.90 Å². The summed E-state index contributed by atoms with van der Waals surface area (Å²) in [4.78, 5) is 19.4. The van der Waals surface area contributed by atoms with E-state index >= 15 is 0 Å². The highest BCUT2D eigenvalue weighted by Crippen LogP contribution is 2.24. The third kappa shape index (κ3) is 4.82. The van der Waals surface area contributed by atoms with Gasteiger partial charge in [0.15, 0.2) is 0 Å². The summed E-state index contributed by atoms with van der Waals surface area (Å²) in [5.41, 5.74) is 1.86. The molecule has 0 radical (unpaired) electrons. The molecule has 0 bridgehead atoms. The van der Waals surface area contributed by atoms with Gasteiger partial charge in [0.05, 0.1) is 12.1 Å². The Morgan fingerprint density at radius 3 is 2.23 bits per heavy atom. The Morgan fingerprint density at radius 2 is 1.60 bits per heavy atom. The van der Waals surface area contributed by atoms with Gasteiger partial charge in [-0.15, -0.1) is 0 Å². The largest absolute Gasteiger partial charge is 0.390 e. The van der Waals surface area contributed by atoms with Crippen LogP contribution in [0.5, 0.6) is 0 Å². The number of aliphatic hydroxyl groups excluding tert-OH is 1. The van der Waals surface area contributed by atoms with Crippen molar-refractivity contribution >= 4 is 29.1 Å². The van der Waals surface area contributed by atoms with Crippen LogP contribution in [0.1, 0.15) is 22.8 Å². The molecule has 0 aliphatic carbocycles. The Balaban J connectivity index is 1.35. The Bertz CT molecular complexity index is 875. The van der Waals surface area contributed by atoms with E-state index in [1.165, 1.54) is 5.56 Å². The van der Waals surface area contributed by atoms with Crippen molar-refractivity contribution in [2.24, 2.45) is 0 Å². The molecule has 0 saturated carbocycles. The number of benzene rings is 2. The molecule has 160 valence electrons. The van der Waals surface area contributed by atoms with E-state index in [-0.39, 0.29) is 11.9 Å². The fourth-order valence-corrected chi connectivity index (χ4v) is 4.82. The summed E-state index contributed by atoms with van der Waals surface area (Å²) in [6.07, 6.45) is -0.536. The smallest absolute Gasteiger partial charge is 0.253 e. The third-order valence-electron chi connectivity index (χ3n) is 6.15. The summed E-state index contributed by atoms with van der Waals surface area (Å²) < 4.78 is 0. The fourth-order valence-electron chi connectivity index (χ4n) is 4.57. The predicted molar refractivity (Wildman–Crippen MR) is 120 cm³/mol. The van der Waals surface area contributed by atoms with Crippen LogP contribution in [-0.4, -0.2) is 76.6 Å². The predicted octanol–water partition coefficient (Wildman–Crippen LogP) is 3.39. The van der Waals surface area contributed by atoms with E-state index in [9.17, 15) is 9.90 Å². The Hall–Kier alpha value is -1.63. The molecule has 2 aromatic carbocycles. The van der Waals surface area contributed by atoms with Crippen molar-refractivity contribution in [3.05, 3.63) is 69.7 Å². The third-order valence-corrected chi connectivity index (χ3v) is 6.65. The number of carbonyl (C=O) groups excluding carboxylic acids is 1. The number of β-amino-alcohol motifs (C(OH)–C–C–N with tert-alkyl or cyclic N) is 1. The van der Waals surface area contributed by atoms with Gasteiger partial charge in [-0.05, 0) is 48.9 Å². The van der Waals surface area contributed by atoms with Crippen LogP contribution in [0.3, 0.4) is 0 Å². The van der Waals surface area contributed by atoms with E-state index in [1.807, 2.05) is 12.1 Å². The first-order valence-electron chi connectivity index (χ1n) is 10.4. The normalized spacial score (nSPS) is 25.6. The van der Waals surface area contributed by atoms with Crippen molar-refractivity contribution in [1.82, 2.24) is 14.7 Å². The van der Waals surface area contributed by atoms with E-state index in [0.29, 0.717) is 29.7 Å². The second kappa shape index (κ2) is 9.25. The van der Waals surface area contributed by atoms with Crippen LogP contribution < -0.4 is 0 Å². The number of carbonyl (C=O) groups is 1. The lowest BCUT2D eigenvalue weighted by Gasteiger charge is -2.43. The quantitative estimate of drug-likeness (QED) is 0.779. The molecule has 0 unspecified atom stereocenters. The van der Waals surface area contributed by atoms with Crippen LogP contribution in [0.25, 0.3) is 0 Å². The maximum absolute atomic E-state index is 12.8. The molecule has 1 N–H and O–H groups in total. The van der Waals surface area contributed by atoms with Gasteiger partial charge in [0.25, 0.3) is 5.91 Å². The minimum absolute atomic E-state index is 0.0334. The maximum atomic E-state index is 12.8. The van der Waals surface area contributed by atoms with Gasteiger partial charge in [0.1, 0.15) is 0 Å². The van der Waals surface area contributed by atoms with E-state index in [4.69, 9.17) is 23.2 Å². The van der Waals surface area contributed by atoms with Gasteiger partial charge in [0.2, 0.25) is 0 Å². The van der Waals surface area contributed by atoms with Crippen LogP contribution in [-0.2, 0) is 6.54 Å². The maximum Gasteiger partial charge on any atom is 0.253 e. The number of aliphatic hydroxyl groups is 1. The molecular weight excluding hydrogens is 421 g/mol. The minimum atomic E-state index is -0.536. The summed E-state index contributed by atoms with van der Waals surface area (Å²) in [7, 11) is 0. The second-order valence-corrected chi connectivity index (χ2v) is 9.17. The molecule has 2 aliphatic heterocycles. The zero-order valence-electron chi connectivity index (χ0n) is 17.0. The highest BCUT2D eigenvalue weighted by molar-refractivity contribution is 6.30. The number of amides is 1. The summed E-state index contributed by atoms with van der Waals surface area (Å²) in [5, 5.41) is 12.1. The topological polar surface area (TPSA) is 47.0 Å². The summed E-state index contributed by atoms with van der Waals surface area (Å²) in [6, 6.07) is 15.2. The first-order chi connectivity index (χ1) is 14.4. The van der Waals surface area contributed by atoms with Gasteiger partial charge < -0.3 is 10.0 Å². The minimum Gasteiger partial charge on any atom is -0.390 e. The molecule has 30 heavy (non-hydrogen) atoms. The highest BCUT2D eigenvalue weighted by Gasteiger charge is 2.41. The van der Waals surface area contributed by atoms with Crippen LogP contribution in [0.4, 0.5) is 0 Å². The lowest BCUT2D eigenvalue weighted by Crippen LogP contribution is -2.58. The summed E-state index contributed by atoms with van der Waals surface area (Å²) in [5.74, 6) is -0.0535. The molecule has 1 amide bonds. The fraction of sp³-hybridized carbons (Fsp3) is 0.435. The number of halogens is 2. The molecule has 5 nitrogen and oxygen atoms in total. The zero-order chi connectivity index (χ0) is 21.3. The molecule has 0 aromatic heterocycles. The number of piperazine rings is 1. The van der Waals surface area contributed by atoms with Crippen molar-refractivity contribution in [3.8, 4) is 0 Å². The number of hydrogen-bond donors (Lipinski definition) is 1. The van der Waals surface area contributed by atoms with Gasteiger partial charge in [-0.25, -0.2) is 0 Å². The van der Waals surface area contributed by atoms with Crippen LogP contribution >= 0.6 is 23.2 Å². The first kappa shape index (κ1) is 21.6. The molecule has 2 heterocycles. The average Bonchev–Trinajstić information content (AvgIpc) is 3.11. The molecule has 2 aromatic rings. The lowest BCUT2D eigenvalue weighted by atomic mass is 10.1. The van der Waals surface area contributed by atoms with Crippen molar-refractivity contribution in [2.75, 3.05) is 32.7 Å². The first-order valence-corrected chi connectivity index (χ1v) is 11.1. The van der Waals surface area contributed by atoms with E-state index < -0.39 is 6.10 Å². The molecule has 2 saturated heterocycles. The zero-order valence-corrected chi connectivity index (χ0v) is 18.6. The SMILES string of the molecule is C[C@H]1CN(Cc2ccc(Cl)cc2)CCN1[C@H]1CN(C(=O)c2ccc(Cl)cc2)C[C@@H]1O. The molecule has 0 spiro atoms. The van der Waals surface area contributed by atoms with Crippen molar-refractivity contribution in [2.45, 2.75) is 31.7 Å². The van der Waals surface area contributed by atoms with Crippen LogP contribution in [0, 0.1) is 0 Å². The van der Waals surface area contributed by atoms with Crippen LogP contribution in [0.15, 0.2) is 48.5 Å². The molecule has 4 rings (SSSR count). The molecular formula is C23H27Cl2N3O2. The summed E-state index contributed by atoms with van der Waals surface area (Å²) >= 11 is 11.9. The van der Waals surface area contributed by atoms with E-state index in [2.05, 4.69) is 28.9 Å². The van der Waals surface area contributed by atoms with Gasteiger partial charge >= 0.3 is 0 Å². The highest BCUT2D eigenvalue weighted by atomic mass is 35.5. The van der Waals surface area contributed by atoms with Crippen LogP contribution in [0.2, 0.25) is 10.0 Å². The standard InChI is InChI=1S/C23H27Cl2N3O2/c1-16-12-26(13-17-2-6-19(24)7-3-17)10-11-28(16)21-14-27(15-22(21)29)23(30)18-4-8-20(25)9-5-18/h2-9,16,21-22,29H,10-15H2,1H3/t16-,21-,22-/m0/s1. The van der Waals surface area contributed by atoms with Gasteiger partial charge in [-0.1, -0.05) is 35.3 Å². The molecule has 3 atom stereocenters. The number of likely N-dealkylation sites (tertiary alicyclic amines) is 1. The van der Waals surface area contributed by atoms with Crippen molar-refractivity contribution in [3.63, 3.8) is 0 Å². The van der Waals surface area contributed by atoms with E-state index in [1.54, 1.807) is 29.2 Å². The van der Waals surface area contributed by atoms with Crippen molar-refractivity contribution in [1.29, 1.82) is 0 Å². The second-order valence-electron chi connectivity index (χ2n) is 8.30. The van der Waals surface area contributed by atoms with E-state index in [0.717, 1.165) is 31.2 Å². The Labute approximate surface area is 187 Å². The Kier molecular flexibility index (Phi) is 6.66. The number of nitrogens with zero attached hydrogens (tertiary/aromatic N) is 3. The van der Waals surface area contributed by atoms with Gasteiger partial charge in [0, 0.05) is 60.9 Å². The van der Waals surface area contributed by atoms with Gasteiger partial charge in [-0.3, -0.25) is 14.6 Å². The Morgan fingerprint density at radius 1 is 0.967 bits per heavy atom.